The van der Waals surface area contributed by atoms with Crippen LogP contribution in [0.15, 0.2) is 46.9 Å². The average Bonchev–Trinajstić information content (AvgIpc) is 2.48. The molecular formula is C17H16BrNO4. The van der Waals surface area contributed by atoms with E-state index < -0.39 is 5.97 Å². The van der Waals surface area contributed by atoms with Gasteiger partial charge in [0.05, 0.1) is 4.47 Å². The monoisotopic (exact) mass is 377 g/mol. The van der Waals surface area contributed by atoms with Crippen LogP contribution in [-0.2, 0) is 9.59 Å². The molecule has 0 radical (unpaired) electrons. The van der Waals surface area contributed by atoms with Gasteiger partial charge in [-0.05, 0) is 64.8 Å². The lowest BCUT2D eigenvalue weighted by atomic mass is 10.2. The predicted octanol–water partition coefficient (Wildman–Crippen LogP) is 3.70. The van der Waals surface area contributed by atoms with Crippen LogP contribution in [0, 0.1) is 6.92 Å². The fourth-order valence-corrected chi connectivity index (χ4v) is 2.44. The highest BCUT2D eigenvalue weighted by Gasteiger charge is 2.08. The van der Waals surface area contributed by atoms with Crippen molar-refractivity contribution in [1.29, 1.82) is 0 Å². The van der Waals surface area contributed by atoms with Gasteiger partial charge in [-0.1, -0.05) is 6.07 Å². The van der Waals surface area contributed by atoms with Crippen LogP contribution in [-0.4, -0.2) is 18.5 Å². The molecule has 1 N–H and O–H groups in total. The highest BCUT2D eigenvalue weighted by atomic mass is 79.9. The molecule has 1 amide bonds. The van der Waals surface area contributed by atoms with Gasteiger partial charge in [0.2, 0.25) is 5.91 Å². The first-order chi connectivity index (χ1) is 10.9. The Morgan fingerprint density at radius 2 is 1.83 bits per heavy atom. The van der Waals surface area contributed by atoms with Gasteiger partial charge in [-0.15, -0.1) is 0 Å². The maximum absolute atomic E-state index is 11.8. The molecule has 0 aliphatic rings. The van der Waals surface area contributed by atoms with Gasteiger partial charge in [-0.3, -0.25) is 4.79 Å². The molecule has 0 saturated carbocycles. The molecule has 0 heterocycles. The third-order valence-corrected chi connectivity index (χ3v) is 3.46. The van der Waals surface area contributed by atoms with Gasteiger partial charge in [0.25, 0.3) is 0 Å². The lowest BCUT2D eigenvalue weighted by Crippen LogP contribution is -2.17. The van der Waals surface area contributed by atoms with E-state index in [4.69, 9.17) is 9.47 Å². The average molecular weight is 378 g/mol. The summed E-state index contributed by atoms with van der Waals surface area (Å²) in [5.41, 5.74) is 1.73. The molecule has 0 fully saturated rings. The van der Waals surface area contributed by atoms with Crippen LogP contribution in [0.3, 0.4) is 0 Å². The largest absolute Gasteiger partial charge is 0.481 e. The fraction of sp³-hybridized carbons (Fsp3) is 0.176. The highest BCUT2D eigenvalue weighted by molar-refractivity contribution is 9.10. The molecule has 2 aromatic rings. The first kappa shape index (κ1) is 17.0. The molecule has 6 heteroatoms. The van der Waals surface area contributed by atoms with Crippen LogP contribution in [0.5, 0.6) is 11.5 Å². The maximum atomic E-state index is 11.8. The number of carbonyl (C=O) groups is 2. The Morgan fingerprint density at radius 1 is 1.13 bits per heavy atom. The number of nitrogens with one attached hydrogen (secondary N) is 1. The number of hydrogen-bond donors (Lipinski definition) is 1. The molecule has 0 spiro atoms. The first-order valence-electron chi connectivity index (χ1n) is 6.91. The van der Waals surface area contributed by atoms with Crippen LogP contribution in [0.1, 0.15) is 12.5 Å². The summed E-state index contributed by atoms with van der Waals surface area (Å²) in [6, 6.07) is 12.1. The second-order valence-electron chi connectivity index (χ2n) is 4.90. The minimum absolute atomic E-state index is 0.160. The number of halogens is 1. The Kier molecular flexibility index (Phi) is 5.76. The van der Waals surface area contributed by atoms with Crippen LogP contribution in [0.4, 0.5) is 5.69 Å². The van der Waals surface area contributed by atoms with Gasteiger partial charge in [0.1, 0.15) is 11.5 Å². The number of anilines is 1. The smallest absolute Gasteiger partial charge is 0.349 e. The molecule has 5 nitrogen and oxygen atoms in total. The second kappa shape index (κ2) is 7.78. The van der Waals surface area contributed by atoms with E-state index in [1.165, 1.54) is 6.92 Å². The molecule has 0 atom stereocenters. The van der Waals surface area contributed by atoms with Crippen LogP contribution >= 0.6 is 15.9 Å². The summed E-state index contributed by atoms with van der Waals surface area (Å²) in [6.45, 7) is 3.19. The van der Waals surface area contributed by atoms with E-state index in [0.717, 1.165) is 10.0 Å². The SMILES string of the molecule is CC(=O)Nc1ccc(OC(=O)COc2ccc(C)cc2Br)cc1. The summed E-state index contributed by atoms with van der Waals surface area (Å²) < 4.78 is 11.4. The Balaban J connectivity index is 1.88. The van der Waals surface area contributed by atoms with Crippen molar-refractivity contribution in [2.24, 2.45) is 0 Å². The van der Waals surface area contributed by atoms with E-state index in [1.807, 2.05) is 19.1 Å². The number of rotatable bonds is 5. The van der Waals surface area contributed by atoms with E-state index in [2.05, 4.69) is 21.2 Å². The second-order valence-corrected chi connectivity index (χ2v) is 5.76. The van der Waals surface area contributed by atoms with Gasteiger partial charge >= 0.3 is 5.97 Å². The lowest BCUT2D eigenvalue weighted by Gasteiger charge is -2.09. The molecule has 0 aliphatic heterocycles. The van der Waals surface area contributed by atoms with Gasteiger partial charge in [0, 0.05) is 12.6 Å². The topological polar surface area (TPSA) is 64.6 Å². The molecule has 0 bridgehead atoms. The summed E-state index contributed by atoms with van der Waals surface area (Å²) in [4.78, 5) is 22.7. The highest BCUT2D eigenvalue weighted by Crippen LogP contribution is 2.25. The molecule has 0 aliphatic carbocycles. The first-order valence-corrected chi connectivity index (χ1v) is 7.70. The van der Waals surface area contributed by atoms with Crippen molar-refractivity contribution in [3.05, 3.63) is 52.5 Å². The zero-order valence-electron chi connectivity index (χ0n) is 12.8. The number of esters is 1. The van der Waals surface area contributed by atoms with E-state index in [-0.39, 0.29) is 12.5 Å². The third-order valence-electron chi connectivity index (χ3n) is 2.84. The lowest BCUT2D eigenvalue weighted by molar-refractivity contribution is -0.136. The summed E-state index contributed by atoms with van der Waals surface area (Å²) in [5.74, 6) is 0.292. The summed E-state index contributed by atoms with van der Waals surface area (Å²) in [7, 11) is 0. The quantitative estimate of drug-likeness (QED) is 0.637. The Bertz CT molecular complexity index is 713. The zero-order valence-corrected chi connectivity index (χ0v) is 14.3. The van der Waals surface area contributed by atoms with Gasteiger partial charge in [-0.25, -0.2) is 4.79 Å². The molecule has 2 aromatic carbocycles. The maximum Gasteiger partial charge on any atom is 0.349 e. The minimum Gasteiger partial charge on any atom is -0.481 e. The van der Waals surface area contributed by atoms with Crippen molar-refractivity contribution < 1.29 is 19.1 Å². The van der Waals surface area contributed by atoms with Crippen molar-refractivity contribution in [1.82, 2.24) is 0 Å². The third kappa shape index (κ3) is 5.41. The van der Waals surface area contributed by atoms with Crippen LogP contribution in [0.2, 0.25) is 0 Å². The zero-order chi connectivity index (χ0) is 16.8. The van der Waals surface area contributed by atoms with E-state index in [0.29, 0.717) is 17.2 Å². The number of amides is 1. The van der Waals surface area contributed by atoms with E-state index in [1.54, 1.807) is 30.3 Å². The fourth-order valence-electron chi connectivity index (χ4n) is 1.83. The van der Waals surface area contributed by atoms with Crippen LogP contribution in [0.25, 0.3) is 0 Å². The summed E-state index contributed by atoms with van der Waals surface area (Å²) in [6.07, 6.45) is 0. The van der Waals surface area contributed by atoms with Crippen LogP contribution < -0.4 is 14.8 Å². The molecular weight excluding hydrogens is 362 g/mol. The van der Waals surface area contributed by atoms with Gasteiger partial charge < -0.3 is 14.8 Å². The number of carbonyl (C=O) groups excluding carboxylic acids is 2. The van der Waals surface area contributed by atoms with Crippen molar-refractivity contribution in [2.45, 2.75) is 13.8 Å². The van der Waals surface area contributed by atoms with E-state index >= 15 is 0 Å². The molecule has 2 rings (SSSR count). The molecule has 0 saturated heterocycles. The van der Waals surface area contributed by atoms with Crippen molar-refractivity contribution >= 4 is 33.5 Å². The Hall–Kier alpha value is -2.34. The number of ether oxygens (including phenoxy) is 2. The standard InChI is InChI=1S/C17H16BrNO4/c1-11-3-8-16(15(18)9-11)22-10-17(21)23-14-6-4-13(5-7-14)19-12(2)20/h3-9H,10H2,1-2H3,(H,19,20). The minimum atomic E-state index is -0.509. The summed E-state index contributed by atoms with van der Waals surface area (Å²) >= 11 is 3.38. The van der Waals surface area contributed by atoms with Crippen molar-refractivity contribution in [2.75, 3.05) is 11.9 Å². The molecule has 120 valence electrons. The number of aryl methyl sites for hydroxylation is 1. The van der Waals surface area contributed by atoms with Gasteiger partial charge in [-0.2, -0.15) is 0 Å². The normalized spacial score (nSPS) is 10.0. The van der Waals surface area contributed by atoms with Gasteiger partial charge in [0.15, 0.2) is 6.61 Å². The number of benzene rings is 2. The Labute approximate surface area is 142 Å². The van der Waals surface area contributed by atoms with Crippen molar-refractivity contribution in [3.63, 3.8) is 0 Å². The number of hydrogen-bond acceptors (Lipinski definition) is 4. The van der Waals surface area contributed by atoms with Crippen molar-refractivity contribution in [3.8, 4) is 11.5 Å². The molecule has 0 aromatic heterocycles. The molecule has 23 heavy (non-hydrogen) atoms. The van der Waals surface area contributed by atoms with E-state index in [9.17, 15) is 9.59 Å². The Morgan fingerprint density at radius 3 is 2.43 bits per heavy atom. The summed E-state index contributed by atoms with van der Waals surface area (Å²) in [5, 5.41) is 2.63. The predicted molar refractivity (Wildman–Crippen MR) is 90.8 cm³/mol. The molecule has 0 unspecified atom stereocenters.